The van der Waals surface area contributed by atoms with Crippen LogP contribution >= 0.6 is 11.8 Å². The Labute approximate surface area is 123 Å². The second-order valence-electron chi connectivity index (χ2n) is 4.75. The molecule has 0 heterocycles. The van der Waals surface area contributed by atoms with Crippen LogP contribution in [-0.4, -0.2) is 33.7 Å². The highest BCUT2D eigenvalue weighted by Gasteiger charge is 2.23. The van der Waals surface area contributed by atoms with E-state index >= 15 is 0 Å². The first-order valence-electron chi connectivity index (χ1n) is 6.54. The Morgan fingerprint density at radius 3 is 2.35 bits per heavy atom. The lowest BCUT2D eigenvalue weighted by Crippen LogP contribution is -2.21. The molecule has 2 N–H and O–H groups in total. The van der Waals surface area contributed by atoms with Crippen LogP contribution in [0.1, 0.15) is 24.8 Å². The molecule has 0 radical (unpaired) electrons. The third-order valence-corrected chi connectivity index (χ3v) is 4.27. The first kappa shape index (κ1) is 16.6. The molecule has 2 atom stereocenters. The number of benzene rings is 1. The Bertz CT molecular complexity index is 433. The molecule has 0 saturated carbocycles. The van der Waals surface area contributed by atoms with Crippen LogP contribution in [0.3, 0.4) is 0 Å². The standard InChI is InChI=1S/C15H20O4S/c1-20-13(9-11-5-3-2-4-6-11)10-12(15(18)19)7-8-14(16)17/h2-6,12-13H,7-10H2,1H3,(H,16,17)(H,18,19). The Morgan fingerprint density at radius 1 is 1.20 bits per heavy atom. The highest BCUT2D eigenvalue weighted by molar-refractivity contribution is 7.99. The minimum atomic E-state index is -0.944. The van der Waals surface area contributed by atoms with Crippen molar-refractivity contribution in [2.24, 2.45) is 5.92 Å². The SMILES string of the molecule is CSC(Cc1ccccc1)CC(CCC(=O)O)C(=O)O. The van der Waals surface area contributed by atoms with Crippen LogP contribution in [0.25, 0.3) is 0 Å². The largest absolute Gasteiger partial charge is 0.481 e. The molecule has 4 nitrogen and oxygen atoms in total. The summed E-state index contributed by atoms with van der Waals surface area (Å²) < 4.78 is 0. The zero-order valence-electron chi connectivity index (χ0n) is 11.5. The zero-order chi connectivity index (χ0) is 15.0. The molecule has 0 fully saturated rings. The zero-order valence-corrected chi connectivity index (χ0v) is 12.3. The summed E-state index contributed by atoms with van der Waals surface area (Å²) in [6, 6.07) is 9.93. The van der Waals surface area contributed by atoms with Crippen molar-refractivity contribution in [1.82, 2.24) is 0 Å². The highest BCUT2D eigenvalue weighted by Crippen LogP contribution is 2.24. The molecule has 0 aromatic heterocycles. The fourth-order valence-corrected chi connectivity index (χ4v) is 2.88. The molecule has 0 bridgehead atoms. The number of thioether (sulfide) groups is 1. The molecule has 20 heavy (non-hydrogen) atoms. The summed E-state index contributed by atoms with van der Waals surface area (Å²) in [5, 5.41) is 18.1. The Kier molecular flexibility index (Phi) is 7.15. The molecule has 2 unspecified atom stereocenters. The van der Waals surface area contributed by atoms with Crippen molar-refractivity contribution >= 4 is 23.7 Å². The summed E-state index contributed by atoms with van der Waals surface area (Å²) in [6.45, 7) is 0. The second-order valence-corrected chi connectivity index (χ2v) is 5.89. The lowest BCUT2D eigenvalue weighted by Gasteiger charge is -2.19. The fraction of sp³-hybridized carbons (Fsp3) is 0.467. The lowest BCUT2D eigenvalue weighted by molar-refractivity contribution is -0.143. The van der Waals surface area contributed by atoms with E-state index in [9.17, 15) is 14.7 Å². The molecule has 0 amide bonds. The van der Waals surface area contributed by atoms with E-state index in [4.69, 9.17) is 5.11 Å². The summed E-state index contributed by atoms with van der Waals surface area (Å²) in [5.74, 6) is -2.44. The predicted octanol–water partition coefficient (Wildman–Crippen LogP) is 2.92. The van der Waals surface area contributed by atoms with Crippen LogP contribution in [0, 0.1) is 5.92 Å². The van der Waals surface area contributed by atoms with Crippen LogP contribution in [0.4, 0.5) is 0 Å². The minimum Gasteiger partial charge on any atom is -0.481 e. The molecule has 5 heteroatoms. The first-order chi connectivity index (χ1) is 9.52. The van der Waals surface area contributed by atoms with E-state index in [-0.39, 0.29) is 18.1 Å². The van der Waals surface area contributed by atoms with E-state index < -0.39 is 17.9 Å². The molecule has 0 aliphatic rings. The maximum absolute atomic E-state index is 11.2. The number of carbonyl (C=O) groups is 2. The molecular formula is C15H20O4S. The molecule has 0 aliphatic heterocycles. The summed E-state index contributed by atoms with van der Waals surface area (Å²) >= 11 is 1.63. The van der Waals surface area contributed by atoms with Gasteiger partial charge in [0.05, 0.1) is 5.92 Å². The Morgan fingerprint density at radius 2 is 1.85 bits per heavy atom. The number of hydrogen-bond acceptors (Lipinski definition) is 3. The summed E-state index contributed by atoms with van der Waals surface area (Å²) in [7, 11) is 0. The maximum Gasteiger partial charge on any atom is 0.306 e. The van der Waals surface area contributed by atoms with Gasteiger partial charge in [-0.1, -0.05) is 30.3 Å². The third kappa shape index (κ3) is 6.10. The van der Waals surface area contributed by atoms with Crippen molar-refractivity contribution in [2.75, 3.05) is 6.26 Å². The first-order valence-corrected chi connectivity index (χ1v) is 7.83. The van der Waals surface area contributed by atoms with E-state index in [1.54, 1.807) is 11.8 Å². The van der Waals surface area contributed by atoms with Gasteiger partial charge in [-0.3, -0.25) is 9.59 Å². The van der Waals surface area contributed by atoms with Gasteiger partial charge in [-0.25, -0.2) is 0 Å². The van der Waals surface area contributed by atoms with Crippen molar-refractivity contribution < 1.29 is 19.8 Å². The van der Waals surface area contributed by atoms with Gasteiger partial charge in [0, 0.05) is 11.7 Å². The van der Waals surface area contributed by atoms with Gasteiger partial charge < -0.3 is 10.2 Å². The van der Waals surface area contributed by atoms with Crippen molar-refractivity contribution in [3.8, 4) is 0 Å². The monoisotopic (exact) mass is 296 g/mol. The molecule has 1 rings (SSSR count). The Hall–Kier alpha value is -1.49. The number of carboxylic acid groups (broad SMARTS) is 2. The average Bonchev–Trinajstić information content (AvgIpc) is 2.42. The van der Waals surface area contributed by atoms with Crippen molar-refractivity contribution in [3.05, 3.63) is 35.9 Å². The van der Waals surface area contributed by atoms with E-state index in [0.717, 1.165) is 6.42 Å². The van der Waals surface area contributed by atoms with Gasteiger partial charge in [-0.2, -0.15) is 11.8 Å². The van der Waals surface area contributed by atoms with Gasteiger partial charge in [-0.15, -0.1) is 0 Å². The van der Waals surface area contributed by atoms with Crippen molar-refractivity contribution in [3.63, 3.8) is 0 Å². The van der Waals surface area contributed by atoms with Crippen LogP contribution in [-0.2, 0) is 16.0 Å². The average molecular weight is 296 g/mol. The summed E-state index contributed by atoms with van der Waals surface area (Å²) in [6.07, 6.45) is 3.36. The topological polar surface area (TPSA) is 74.6 Å². The molecule has 0 aliphatic carbocycles. The van der Waals surface area contributed by atoms with E-state index in [1.165, 1.54) is 5.56 Å². The number of carboxylic acids is 2. The van der Waals surface area contributed by atoms with E-state index in [1.807, 2.05) is 36.6 Å². The van der Waals surface area contributed by atoms with Crippen LogP contribution < -0.4 is 0 Å². The number of rotatable bonds is 9. The quantitative estimate of drug-likeness (QED) is 0.733. The highest BCUT2D eigenvalue weighted by atomic mass is 32.2. The Balaban J connectivity index is 2.59. The predicted molar refractivity (Wildman–Crippen MR) is 80.1 cm³/mol. The molecule has 110 valence electrons. The van der Waals surface area contributed by atoms with Gasteiger partial charge in [-0.05, 0) is 31.1 Å². The molecule has 0 saturated heterocycles. The number of aliphatic carboxylic acids is 2. The number of hydrogen-bond donors (Lipinski definition) is 2. The maximum atomic E-state index is 11.2. The fourth-order valence-electron chi connectivity index (χ4n) is 2.10. The van der Waals surface area contributed by atoms with Gasteiger partial charge in [0.2, 0.25) is 0 Å². The van der Waals surface area contributed by atoms with Crippen molar-refractivity contribution in [2.45, 2.75) is 30.9 Å². The summed E-state index contributed by atoms with van der Waals surface area (Å²) in [4.78, 5) is 21.8. The van der Waals surface area contributed by atoms with Gasteiger partial charge in [0.1, 0.15) is 0 Å². The summed E-state index contributed by atoms with van der Waals surface area (Å²) in [5.41, 5.74) is 1.18. The molecule has 1 aromatic carbocycles. The van der Waals surface area contributed by atoms with Crippen LogP contribution in [0.15, 0.2) is 30.3 Å². The second kappa shape index (κ2) is 8.64. The normalized spacial score (nSPS) is 13.7. The van der Waals surface area contributed by atoms with E-state index in [0.29, 0.717) is 6.42 Å². The minimum absolute atomic E-state index is 0.0938. The smallest absolute Gasteiger partial charge is 0.306 e. The molecular weight excluding hydrogens is 276 g/mol. The van der Waals surface area contributed by atoms with Crippen molar-refractivity contribution in [1.29, 1.82) is 0 Å². The third-order valence-electron chi connectivity index (χ3n) is 3.24. The lowest BCUT2D eigenvalue weighted by atomic mass is 9.95. The van der Waals surface area contributed by atoms with Crippen LogP contribution in [0.2, 0.25) is 0 Å². The van der Waals surface area contributed by atoms with Gasteiger partial charge in [0.25, 0.3) is 0 Å². The molecule has 1 aromatic rings. The van der Waals surface area contributed by atoms with Gasteiger partial charge >= 0.3 is 11.9 Å². The van der Waals surface area contributed by atoms with Gasteiger partial charge in [0.15, 0.2) is 0 Å². The molecule has 0 spiro atoms. The van der Waals surface area contributed by atoms with Crippen LogP contribution in [0.5, 0.6) is 0 Å². The van der Waals surface area contributed by atoms with E-state index in [2.05, 4.69) is 0 Å².